The van der Waals surface area contributed by atoms with Crippen molar-refractivity contribution in [1.29, 1.82) is 0 Å². The summed E-state index contributed by atoms with van der Waals surface area (Å²) in [6.07, 6.45) is 1.33. The van der Waals surface area contributed by atoms with Gasteiger partial charge in [0.25, 0.3) is 28.9 Å². The number of anilines is 2. The summed E-state index contributed by atoms with van der Waals surface area (Å²) in [4.78, 5) is 63.6. The number of carboxylic acid groups (broad SMARTS) is 2. The largest absolute Gasteiger partial charge is 0.479 e. The van der Waals surface area contributed by atoms with Crippen LogP contribution in [0.1, 0.15) is 5.69 Å². The fourth-order valence-electron chi connectivity index (χ4n) is 4.18. The Bertz CT molecular complexity index is 1650. The second-order valence-electron chi connectivity index (χ2n) is 8.49. The molecule has 0 aromatic carbocycles. The van der Waals surface area contributed by atoms with Crippen LogP contribution in [0.2, 0.25) is 0 Å². The molecule has 0 bridgehead atoms. The Morgan fingerprint density at radius 3 is 2.76 bits per heavy atom. The van der Waals surface area contributed by atoms with Gasteiger partial charge in [-0.15, -0.1) is 23.1 Å². The molecule has 1 fully saturated rings. The number of thioether (sulfide) groups is 2. The average Bonchev–Trinajstić information content (AvgIpc) is 3.53. The number of carbonyl (C=O) groups is 4. The first kappa shape index (κ1) is 28.1. The van der Waals surface area contributed by atoms with E-state index in [1.54, 1.807) is 0 Å². The number of aromatic nitrogens is 5. The Morgan fingerprint density at radius 2 is 2.10 bits per heavy atom. The number of β-lactam (4-membered cyclic amide) rings is 1. The number of hydrogen-bond donors (Lipinski definition) is 5. The predicted molar refractivity (Wildman–Crippen MR) is 146 cm³/mol. The van der Waals surface area contributed by atoms with Gasteiger partial charge in [-0.05, 0) is 10.1 Å². The van der Waals surface area contributed by atoms with Gasteiger partial charge in [-0.25, -0.2) is 19.1 Å². The van der Waals surface area contributed by atoms with Crippen molar-refractivity contribution in [3.63, 3.8) is 0 Å². The monoisotopic (exact) mass is 621 g/mol. The minimum absolute atomic E-state index is 0.124. The van der Waals surface area contributed by atoms with Crippen molar-refractivity contribution in [1.82, 2.24) is 29.8 Å². The summed E-state index contributed by atoms with van der Waals surface area (Å²) in [6, 6.07) is 0.473. The molecule has 2 amide bonds. The zero-order valence-corrected chi connectivity index (χ0v) is 23.4. The molecule has 3 aromatic heterocycles. The van der Waals surface area contributed by atoms with E-state index in [9.17, 15) is 24.3 Å². The maximum atomic E-state index is 13.1. The van der Waals surface area contributed by atoms with Crippen LogP contribution in [0.5, 0.6) is 0 Å². The lowest BCUT2D eigenvalue weighted by Gasteiger charge is -2.49. The molecule has 0 saturated carbocycles. The summed E-state index contributed by atoms with van der Waals surface area (Å²) in [6.45, 7) is -0.338. The van der Waals surface area contributed by atoms with Crippen molar-refractivity contribution in [2.24, 2.45) is 5.16 Å². The van der Waals surface area contributed by atoms with E-state index in [1.807, 2.05) is 0 Å². The number of hydrogen-bond acceptors (Lipinski definition) is 14. The van der Waals surface area contributed by atoms with Crippen LogP contribution in [0.15, 0.2) is 39.4 Å². The Balaban J connectivity index is 1.34. The highest BCUT2D eigenvalue weighted by Crippen LogP contribution is 2.41. The smallest absolute Gasteiger partial charge is 0.352 e. The first-order valence-electron chi connectivity index (χ1n) is 11.5. The Kier molecular flexibility index (Phi) is 7.69. The van der Waals surface area contributed by atoms with Gasteiger partial charge in [0.1, 0.15) is 35.7 Å². The lowest BCUT2D eigenvalue weighted by molar-refractivity contribution is -0.661. The number of carbonyl (C=O) groups excluding carboxylic acids is 2. The van der Waals surface area contributed by atoms with E-state index in [0.29, 0.717) is 16.4 Å². The van der Waals surface area contributed by atoms with Gasteiger partial charge in [0, 0.05) is 22.0 Å². The third kappa shape index (κ3) is 5.35. The SMILES string of the molecule is CO/N=C(\C(=O)NC1C(=O)N2C(C(=O)O)=C(CSc3nc(N)cc4n3nc[n+]4CC(=O)O)CS[C@H]12)c1csc(N)n1. The molecular formula is C21H21N10O7S3+. The first-order chi connectivity index (χ1) is 19.6. The third-order valence-electron chi connectivity index (χ3n) is 5.88. The molecule has 7 N–H and O–H groups in total. The van der Waals surface area contributed by atoms with Gasteiger partial charge in [-0.2, -0.15) is 4.98 Å². The number of amides is 2. The van der Waals surface area contributed by atoms with Crippen LogP contribution in [-0.2, 0) is 30.6 Å². The highest BCUT2D eigenvalue weighted by molar-refractivity contribution is 8.01. The maximum absolute atomic E-state index is 13.1. The molecule has 17 nitrogen and oxygen atoms in total. The van der Waals surface area contributed by atoms with Crippen LogP contribution in [0.25, 0.3) is 5.65 Å². The number of fused-ring (bicyclic) bond motifs is 2. The normalized spacial score (nSPS) is 18.7. The number of nitrogen functional groups attached to an aromatic ring is 2. The van der Waals surface area contributed by atoms with Gasteiger partial charge in [0.2, 0.25) is 0 Å². The molecular weight excluding hydrogens is 600 g/mol. The molecule has 1 unspecified atom stereocenters. The summed E-state index contributed by atoms with van der Waals surface area (Å²) in [5.41, 5.74) is 12.2. The Labute approximate surface area is 242 Å². The van der Waals surface area contributed by atoms with Crippen LogP contribution < -0.4 is 21.4 Å². The Hall–Kier alpha value is -4.43. The van der Waals surface area contributed by atoms with Crippen molar-refractivity contribution in [3.05, 3.63) is 34.7 Å². The minimum Gasteiger partial charge on any atom is -0.479 e. The van der Waals surface area contributed by atoms with E-state index in [1.165, 1.54) is 45.7 Å². The highest BCUT2D eigenvalue weighted by atomic mass is 32.2. The molecule has 20 heteroatoms. The first-order valence-corrected chi connectivity index (χ1v) is 14.4. The van der Waals surface area contributed by atoms with Crippen molar-refractivity contribution in [2.45, 2.75) is 23.1 Å². The lowest BCUT2D eigenvalue weighted by Crippen LogP contribution is -2.71. The summed E-state index contributed by atoms with van der Waals surface area (Å²) < 4.78 is 2.78. The van der Waals surface area contributed by atoms with E-state index in [4.69, 9.17) is 21.4 Å². The molecule has 1 saturated heterocycles. The zero-order valence-electron chi connectivity index (χ0n) is 21.0. The molecule has 2 aliphatic heterocycles. The quantitative estimate of drug-likeness (QED) is 0.0437. The number of carboxylic acids is 2. The molecule has 41 heavy (non-hydrogen) atoms. The van der Waals surface area contributed by atoms with Crippen molar-refractivity contribution >= 4 is 80.9 Å². The van der Waals surface area contributed by atoms with Crippen LogP contribution in [-0.4, -0.2) is 94.2 Å². The van der Waals surface area contributed by atoms with Crippen LogP contribution in [0, 0.1) is 0 Å². The van der Waals surface area contributed by atoms with E-state index in [2.05, 4.69) is 25.5 Å². The topological polar surface area (TPSA) is 245 Å². The van der Waals surface area contributed by atoms with Gasteiger partial charge in [0.05, 0.1) is 6.07 Å². The number of thiazole rings is 1. The Morgan fingerprint density at radius 1 is 1.32 bits per heavy atom. The summed E-state index contributed by atoms with van der Waals surface area (Å²) in [5, 5.41) is 31.0. The number of nitrogens with zero attached hydrogens (tertiary/aromatic N) is 7. The van der Waals surface area contributed by atoms with Gasteiger partial charge < -0.3 is 31.8 Å². The van der Waals surface area contributed by atoms with Crippen molar-refractivity contribution in [2.75, 3.05) is 30.1 Å². The molecule has 0 radical (unpaired) electrons. The van der Waals surface area contributed by atoms with Crippen LogP contribution in [0.4, 0.5) is 10.9 Å². The number of nitrogens with one attached hydrogen (secondary N) is 1. The van der Waals surface area contributed by atoms with E-state index in [-0.39, 0.29) is 46.1 Å². The second-order valence-corrected chi connectivity index (χ2v) is 11.4. The summed E-state index contributed by atoms with van der Waals surface area (Å²) in [5.74, 6) is -3.19. The van der Waals surface area contributed by atoms with Gasteiger partial charge in [0.15, 0.2) is 17.4 Å². The van der Waals surface area contributed by atoms with Gasteiger partial charge in [-0.1, -0.05) is 16.9 Å². The van der Waals surface area contributed by atoms with E-state index >= 15 is 0 Å². The standard InChI is InChI=1S/C21H20N10O7S3/c1-38-28-13(9-6-40-20(23)25-9)16(34)27-14-17(35)30-15(19(36)37)8(4-39-18(14)30)5-41-21-26-10(22)2-11-29(3-12(32)33)7-24-31(11)21/h2,6-7,14,18,22H,3-5H2,1H3,(H5,23,25,27,32,33,34,36,37)/p+1/b28-13-/t14?,18-/m1/s1. The van der Waals surface area contributed by atoms with Gasteiger partial charge in [-0.3, -0.25) is 14.5 Å². The fourth-order valence-corrected chi connectivity index (χ4v) is 7.17. The lowest BCUT2D eigenvalue weighted by atomic mass is 10.0. The summed E-state index contributed by atoms with van der Waals surface area (Å²) >= 11 is 3.52. The third-order valence-corrected chi connectivity index (χ3v) is 8.91. The minimum atomic E-state index is -1.30. The molecule has 3 aromatic rings. The van der Waals surface area contributed by atoms with E-state index < -0.39 is 35.2 Å². The molecule has 2 atom stereocenters. The number of aliphatic carboxylic acids is 2. The molecule has 5 heterocycles. The number of oxime groups is 1. The van der Waals surface area contributed by atoms with Crippen LogP contribution >= 0.6 is 34.9 Å². The summed E-state index contributed by atoms with van der Waals surface area (Å²) in [7, 11) is 1.25. The van der Waals surface area contributed by atoms with Crippen LogP contribution in [0.3, 0.4) is 0 Å². The second kappa shape index (κ2) is 11.2. The molecule has 5 rings (SSSR count). The molecule has 214 valence electrons. The van der Waals surface area contributed by atoms with E-state index in [0.717, 1.165) is 28.0 Å². The highest BCUT2D eigenvalue weighted by Gasteiger charge is 2.54. The zero-order chi connectivity index (χ0) is 29.4. The number of nitrogens with two attached hydrogens (primary N) is 2. The number of rotatable bonds is 10. The predicted octanol–water partition coefficient (Wildman–Crippen LogP) is -1.40. The average molecular weight is 622 g/mol. The maximum Gasteiger partial charge on any atom is 0.352 e. The van der Waals surface area contributed by atoms with Gasteiger partial charge >= 0.3 is 11.9 Å². The molecule has 0 spiro atoms. The van der Waals surface area contributed by atoms with Crippen molar-refractivity contribution in [3.8, 4) is 0 Å². The molecule has 2 aliphatic rings. The molecule has 0 aliphatic carbocycles. The van der Waals surface area contributed by atoms with Crippen molar-refractivity contribution < 1.29 is 38.8 Å². The fraction of sp³-hybridized carbons (Fsp3) is 0.286.